The van der Waals surface area contributed by atoms with Crippen LogP contribution in [0.5, 0.6) is 0 Å². The molecule has 1 aliphatic heterocycles. The first-order valence-corrected chi connectivity index (χ1v) is 10.7. The van der Waals surface area contributed by atoms with Crippen LogP contribution < -0.4 is 0 Å². The molecule has 1 aliphatic rings. The van der Waals surface area contributed by atoms with Gasteiger partial charge in [0.1, 0.15) is 5.82 Å². The number of hydrogen-bond donors (Lipinski definition) is 0. The number of sulfone groups is 1. The third-order valence-corrected chi connectivity index (χ3v) is 6.93. The number of fused-ring (bicyclic) bond motifs is 2. The van der Waals surface area contributed by atoms with Gasteiger partial charge in [-0.2, -0.15) is 0 Å². The average molecular weight is 386 g/mol. The van der Waals surface area contributed by atoms with Gasteiger partial charge in [-0.05, 0) is 35.4 Å². The van der Waals surface area contributed by atoms with E-state index in [1.54, 1.807) is 18.2 Å². The smallest absolute Gasteiger partial charge is 0.210 e. The van der Waals surface area contributed by atoms with Crippen molar-refractivity contribution in [2.24, 2.45) is 0 Å². The second kappa shape index (κ2) is 6.17. The van der Waals surface area contributed by atoms with Crippen molar-refractivity contribution >= 4 is 33.0 Å². The molecule has 0 radical (unpaired) electrons. The number of hydrogen-bond acceptors (Lipinski definition) is 3. The fraction of sp³-hybridized carbons (Fsp3) is 0.0870. The molecule has 5 rings (SSSR count). The van der Waals surface area contributed by atoms with Crippen LogP contribution in [-0.2, 0) is 16.3 Å². The number of nitrogens with zero attached hydrogens (tertiary/aromatic N) is 2. The van der Waals surface area contributed by atoms with E-state index in [1.165, 1.54) is 0 Å². The molecule has 2 heterocycles. The lowest BCUT2D eigenvalue weighted by Gasteiger charge is -2.21. The minimum atomic E-state index is -3.57. The molecular formula is C23H18N2O2S. The molecule has 0 amide bonds. The zero-order valence-corrected chi connectivity index (χ0v) is 16.1. The molecule has 0 aliphatic carbocycles. The van der Waals surface area contributed by atoms with E-state index in [1.807, 2.05) is 72.2 Å². The lowest BCUT2D eigenvalue weighted by Crippen LogP contribution is -2.16. The van der Waals surface area contributed by atoms with Crippen LogP contribution in [0, 0.1) is 0 Å². The highest BCUT2D eigenvalue weighted by Gasteiger charge is 2.32. The second-order valence-electron chi connectivity index (χ2n) is 6.82. The summed E-state index contributed by atoms with van der Waals surface area (Å²) in [5.74, 6) is 0.864. The highest BCUT2D eigenvalue weighted by molar-refractivity contribution is 7.92. The first-order chi connectivity index (χ1) is 13.6. The number of aryl methyl sites for hydroxylation is 1. The topological polar surface area (TPSA) is 52.0 Å². The van der Waals surface area contributed by atoms with Crippen molar-refractivity contribution in [2.75, 3.05) is 0 Å². The van der Waals surface area contributed by atoms with Gasteiger partial charge in [-0.3, -0.25) is 4.57 Å². The van der Waals surface area contributed by atoms with Crippen LogP contribution in [-0.4, -0.2) is 18.0 Å². The highest BCUT2D eigenvalue weighted by atomic mass is 32.2. The SMILES string of the molecule is CCc1nc2cccc3c2n1-c1cc(/C=C/c2ccccc2)ccc1S3(=O)=O. The maximum atomic E-state index is 13.2. The van der Waals surface area contributed by atoms with Gasteiger partial charge in [-0.1, -0.05) is 61.5 Å². The van der Waals surface area contributed by atoms with E-state index in [0.717, 1.165) is 23.4 Å². The number of imidazole rings is 1. The molecule has 0 bridgehead atoms. The maximum Gasteiger partial charge on any atom is 0.210 e. The van der Waals surface area contributed by atoms with Crippen LogP contribution >= 0.6 is 0 Å². The monoisotopic (exact) mass is 386 g/mol. The molecular weight excluding hydrogens is 368 g/mol. The van der Waals surface area contributed by atoms with E-state index >= 15 is 0 Å². The summed E-state index contributed by atoms with van der Waals surface area (Å²) in [7, 11) is -3.57. The molecule has 5 heteroatoms. The Morgan fingerprint density at radius 2 is 1.68 bits per heavy atom. The van der Waals surface area contributed by atoms with Gasteiger partial charge < -0.3 is 0 Å². The predicted molar refractivity (Wildman–Crippen MR) is 111 cm³/mol. The molecule has 0 spiro atoms. The normalized spacial score (nSPS) is 14.5. The summed E-state index contributed by atoms with van der Waals surface area (Å²) in [5, 5.41) is 0. The van der Waals surface area contributed by atoms with Gasteiger partial charge in [0.15, 0.2) is 0 Å². The molecule has 0 fully saturated rings. The van der Waals surface area contributed by atoms with E-state index in [2.05, 4.69) is 4.98 Å². The van der Waals surface area contributed by atoms with E-state index in [4.69, 9.17) is 0 Å². The molecule has 4 nitrogen and oxygen atoms in total. The second-order valence-corrected chi connectivity index (χ2v) is 8.70. The molecule has 0 unspecified atom stereocenters. The lowest BCUT2D eigenvalue weighted by atomic mass is 10.1. The molecule has 28 heavy (non-hydrogen) atoms. The Morgan fingerprint density at radius 1 is 0.893 bits per heavy atom. The zero-order chi connectivity index (χ0) is 19.3. The van der Waals surface area contributed by atoms with Gasteiger partial charge in [0.2, 0.25) is 9.84 Å². The van der Waals surface area contributed by atoms with Gasteiger partial charge in [0.05, 0.1) is 26.5 Å². The fourth-order valence-electron chi connectivity index (χ4n) is 3.77. The molecule has 3 aromatic carbocycles. The zero-order valence-electron chi connectivity index (χ0n) is 15.3. The van der Waals surface area contributed by atoms with Crippen LogP contribution in [0.25, 0.3) is 28.9 Å². The maximum absolute atomic E-state index is 13.2. The minimum Gasteiger partial charge on any atom is -0.294 e. The Kier molecular flexibility index (Phi) is 3.74. The van der Waals surface area contributed by atoms with Gasteiger partial charge in [0, 0.05) is 6.42 Å². The Hall–Kier alpha value is -3.18. The largest absolute Gasteiger partial charge is 0.294 e. The third-order valence-electron chi connectivity index (χ3n) is 5.10. The average Bonchev–Trinajstić information content (AvgIpc) is 3.10. The third kappa shape index (κ3) is 2.43. The first kappa shape index (κ1) is 17.0. The number of aromatic nitrogens is 2. The van der Waals surface area contributed by atoms with Crippen molar-refractivity contribution in [3.63, 3.8) is 0 Å². The van der Waals surface area contributed by atoms with Gasteiger partial charge in [-0.15, -0.1) is 0 Å². The highest BCUT2D eigenvalue weighted by Crippen LogP contribution is 2.39. The van der Waals surface area contributed by atoms with E-state index < -0.39 is 9.84 Å². The van der Waals surface area contributed by atoms with Crippen molar-refractivity contribution in [3.8, 4) is 5.69 Å². The summed E-state index contributed by atoms with van der Waals surface area (Å²) >= 11 is 0. The molecule has 0 saturated heterocycles. The van der Waals surface area contributed by atoms with Crippen molar-refractivity contribution < 1.29 is 8.42 Å². The van der Waals surface area contributed by atoms with Crippen LogP contribution in [0.2, 0.25) is 0 Å². The summed E-state index contributed by atoms with van der Waals surface area (Å²) < 4.78 is 28.4. The van der Waals surface area contributed by atoms with Crippen LogP contribution in [0.4, 0.5) is 0 Å². The minimum absolute atomic E-state index is 0.331. The lowest BCUT2D eigenvalue weighted by molar-refractivity contribution is 0.594. The van der Waals surface area contributed by atoms with Crippen LogP contribution in [0.3, 0.4) is 0 Å². The van der Waals surface area contributed by atoms with E-state index in [-0.39, 0.29) is 0 Å². The van der Waals surface area contributed by atoms with Crippen molar-refractivity contribution in [1.82, 2.24) is 9.55 Å². The Balaban J connectivity index is 1.75. The fourth-order valence-corrected chi connectivity index (χ4v) is 5.39. The van der Waals surface area contributed by atoms with E-state index in [0.29, 0.717) is 26.5 Å². The molecule has 0 atom stereocenters. The Bertz CT molecular complexity index is 1350. The molecule has 1 aromatic heterocycles. The Morgan fingerprint density at radius 3 is 2.46 bits per heavy atom. The van der Waals surface area contributed by atoms with Crippen molar-refractivity contribution in [3.05, 3.63) is 83.7 Å². The van der Waals surface area contributed by atoms with Crippen LogP contribution in [0.15, 0.2) is 76.5 Å². The van der Waals surface area contributed by atoms with Gasteiger partial charge in [-0.25, -0.2) is 13.4 Å². The molecule has 138 valence electrons. The molecule has 4 aromatic rings. The summed E-state index contributed by atoms with van der Waals surface area (Å²) in [4.78, 5) is 5.33. The van der Waals surface area contributed by atoms with Gasteiger partial charge >= 0.3 is 0 Å². The summed E-state index contributed by atoms with van der Waals surface area (Å²) in [6.45, 7) is 2.03. The first-order valence-electron chi connectivity index (χ1n) is 9.22. The molecule has 0 N–H and O–H groups in total. The molecule has 0 saturated carbocycles. The number of benzene rings is 3. The van der Waals surface area contributed by atoms with E-state index in [9.17, 15) is 8.42 Å². The van der Waals surface area contributed by atoms with Crippen LogP contribution in [0.1, 0.15) is 23.9 Å². The Labute approximate surface area is 163 Å². The number of rotatable bonds is 3. The quantitative estimate of drug-likeness (QED) is 0.414. The standard InChI is InChI=1S/C23H18N2O2S/c1-2-22-24-18-9-6-10-21-23(18)25(22)19-15-17(13-14-20(19)28(21,26)27)12-11-16-7-4-3-5-8-16/h3-15H,2H2,1H3/b12-11+. The van der Waals surface area contributed by atoms with Gasteiger partial charge in [0.25, 0.3) is 0 Å². The van der Waals surface area contributed by atoms with Crippen molar-refractivity contribution in [1.29, 1.82) is 0 Å². The number of para-hydroxylation sites is 1. The summed E-state index contributed by atoms with van der Waals surface area (Å²) in [6, 6.07) is 20.8. The predicted octanol–water partition coefficient (Wildman–Crippen LogP) is 4.90. The van der Waals surface area contributed by atoms with Crippen molar-refractivity contribution in [2.45, 2.75) is 23.1 Å². The summed E-state index contributed by atoms with van der Waals surface area (Å²) in [6.07, 6.45) is 4.75. The summed E-state index contributed by atoms with van der Waals surface area (Å²) in [5.41, 5.74) is 4.11.